The van der Waals surface area contributed by atoms with Crippen LogP contribution in [0.5, 0.6) is 0 Å². The van der Waals surface area contributed by atoms with Crippen LogP contribution < -0.4 is 0 Å². The molecule has 0 fully saturated rings. The first-order chi connectivity index (χ1) is 9.13. The summed E-state index contributed by atoms with van der Waals surface area (Å²) in [6.45, 7) is 2.58. The Labute approximate surface area is 119 Å². The molecule has 19 heavy (non-hydrogen) atoms. The van der Waals surface area contributed by atoms with Crippen LogP contribution in [0.1, 0.15) is 11.4 Å². The Hall–Kier alpha value is -1.68. The number of fused-ring (bicyclic) bond motifs is 1. The van der Waals surface area contributed by atoms with Gasteiger partial charge in [-0.3, -0.25) is 0 Å². The molecular weight excluding hydrogens is 307 g/mol. The summed E-state index contributed by atoms with van der Waals surface area (Å²) in [6.07, 6.45) is 0. The molecular formula is C15H12BrFN2. The van der Waals surface area contributed by atoms with Crippen LogP contribution in [0.25, 0.3) is 11.0 Å². The third-order valence-corrected chi connectivity index (χ3v) is 3.57. The van der Waals surface area contributed by atoms with E-state index in [1.807, 2.05) is 37.3 Å². The van der Waals surface area contributed by atoms with Crippen molar-refractivity contribution in [3.63, 3.8) is 0 Å². The van der Waals surface area contributed by atoms with Gasteiger partial charge in [-0.05, 0) is 42.8 Å². The van der Waals surface area contributed by atoms with Crippen molar-refractivity contribution in [1.82, 2.24) is 9.55 Å². The Morgan fingerprint density at radius 1 is 1.21 bits per heavy atom. The minimum absolute atomic E-state index is 0.230. The molecule has 0 aliphatic rings. The smallest absolute Gasteiger partial charge is 0.124 e. The Morgan fingerprint density at radius 3 is 2.79 bits per heavy atom. The van der Waals surface area contributed by atoms with Crippen molar-refractivity contribution in [2.75, 3.05) is 0 Å². The summed E-state index contributed by atoms with van der Waals surface area (Å²) in [4.78, 5) is 4.51. The SMILES string of the molecule is Cc1nc2ccccc2n1Cc1cc(F)cc(Br)c1. The third-order valence-electron chi connectivity index (χ3n) is 3.11. The molecule has 0 N–H and O–H groups in total. The standard InChI is InChI=1S/C15H12BrFN2/c1-10-18-14-4-2-3-5-15(14)19(10)9-11-6-12(16)8-13(17)7-11/h2-8H,9H2,1H3. The number of aryl methyl sites for hydroxylation is 1. The fraction of sp³-hybridized carbons (Fsp3) is 0.133. The molecule has 0 radical (unpaired) electrons. The molecule has 96 valence electrons. The number of benzene rings is 2. The van der Waals surface area contributed by atoms with Crippen LogP contribution in [0.3, 0.4) is 0 Å². The minimum Gasteiger partial charge on any atom is -0.324 e. The molecule has 0 saturated carbocycles. The van der Waals surface area contributed by atoms with Gasteiger partial charge in [0.15, 0.2) is 0 Å². The van der Waals surface area contributed by atoms with E-state index >= 15 is 0 Å². The highest BCUT2D eigenvalue weighted by Gasteiger charge is 2.08. The van der Waals surface area contributed by atoms with Gasteiger partial charge < -0.3 is 4.57 Å². The van der Waals surface area contributed by atoms with E-state index in [4.69, 9.17) is 0 Å². The average Bonchev–Trinajstić information content (AvgIpc) is 2.65. The Bertz CT molecular complexity index is 729. The van der Waals surface area contributed by atoms with Gasteiger partial charge in [0.25, 0.3) is 0 Å². The topological polar surface area (TPSA) is 17.8 Å². The zero-order chi connectivity index (χ0) is 13.4. The molecule has 0 aliphatic carbocycles. The molecule has 1 heterocycles. The number of imidazole rings is 1. The van der Waals surface area contributed by atoms with Gasteiger partial charge in [0.2, 0.25) is 0 Å². The molecule has 1 aromatic heterocycles. The van der Waals surface area contributed by atoms with Crippen LogP contribution >= 0.6 is 15.9 Å². The molecule has 3 aromatic rings. The summed E-state index contributed by atoms with van der Waals surface area (Å²) in [6, 6.07) is 12.9. The highest BCUT2D eigenvalue weighted by Crippen LogP contribution is 2.20. The van der Waals surface area contributed by atoms with Gasteiger partial charge >= 0.3 is 0 Å². The predicted octanol–water partition coefficient (Wildman–Crippen LogP) is 4.29. The summed E-state index contributed by atoms with van der Waals surface area (Å²) in [7, 11) is 0. The molecule has 0 spiro atoms. The highest BCUT2D eigenvalue weighted by atomic mass is 79.9. The number of hydrogen-bond donors (Lipinski definition) is 0. The largest absolute Gasteiger partial charge is 0.324 e. The predicted molar refractivity (Wildman–Crippen MR) is 77.7 cm³/mol. The van der Waals surface area contributed by atoms with Crippen LogP contribution in [0.2, 0.25) is 0 Å². The van der Waals surface area contributed by atoms with E-state index in [0.29, 0.717) is 6.54 Å². The van der Waals surface area contributed by atoms with Crippen LogP contribution in [0.15, 0.2) is 46.9 Å². The van der Waals surface area contributed by atoms with Gasteiger partial charge in [-0.25, -0.2) is 9.37 Å². The zero-order valence-electron chi connectivity index (χ0n) is 10.4. The fourth-order valence-corrected chi connectivity index (χ4v) is 2.79. The molecule has 0 bridgehead atoms. The molecule has 2 nitrogen and oxygen atoms in total. The molecule has 0 amide bonds. The number of aromatic nitrogens is 2. The Morgan fingerprint density at radius 2 is 2.00 bits per heavy atom. The first-order valence-corrected chi connectivity index (χ1v) is 6.79. The number of hydrogen-bond acceptors (Lipinski definition) is 1. The van der Waals surface area contributed by atoms with E-state index in [-0.39, 0.29) is 5.82 Å². The maximum absolute atomic E-state index is 13.4. The van der Waals surface area contributed by atoms with Crippen molar-refractivity contribution in [1.29, 1.82) is 0 Å². The van der Waals surface area contributed by atoms with Crippen molar-refractivity contribution in [2.45, 2.75) is 13.5 Å². The van der Waals surface area contributed by atoms with Crippen LogP contribution in [0, 0.1) is 12.7 Å². The number of para-hydroxylation sites is 2. The molecule has 0 unspecified atom stereocenters. The van der Waals surface area contributed by atoms with E-state index in [2.05, 4.69) is 25.5 Å². The summed E-state index contributed by atoms with van der Waals surface area (Å²) in [5.41, 5.74) is 2.95. The zero-order valence-corrected chi connectivity index (χ0v) is 12.0. The lowest BCUT2D eigenvalue weighted by Gasteiger charge is -2.08. The molecule has 3 rings (SSSR count). The van der Waals surface area contributed by atoms with Crippen LogP contribution in [0.4, 0.5) is 4.39 Å². The van der Waals surface area contributed by atoms with E-state index in [1.54, 1.807) is 6.07 Å². The number of nitrogens with zero attached hydrogens (tertiary/aromatic N) is 2. The number of rotatable bonds is 2. The van der Waals surface area contributed by atoms with Gasteiger partial charge in [0.1, 0.15) is 11.6 Å². The van der Waals surface area contributed by atoms with Gasteiger partial charge in [0, 0.05) is 11.0 Å². The summed E-state index contributed by atoms with van der Waals surface area (Å²) in [5.74, 6) is 0.702. The van der Waals surface area contributed by atoms with Crippen molar-refractivity contribution in [3.05, 3.63) is 64.1 Å². The minimum atomic E-state index is -0.230. The van der Waals surface area contributed by atoms with Crippen molar-refractivity contribution in [2.24, 2.45) is 0 Å². The maximum Gasteiger partial charge on any atom is 0.124 e. The average molecular weight is 319 g/mol. The Balaban J connectivity index is 2.07. The summed E-state index contributed by atoms with van der Waals surface area (Å²) >= 11 is 3.32. The first kappa shape index (κ1) is 12.4. The fourth-order valence-electron chi connectivity index (χ4n) is 2.28. The lowest BCUT2D eigenvalue weighted by atomic mass is 10.2. The Kier molecular flexibility index (Phi) is 3.11. The maximum atomic E-state index is 13.4. The molecule has 2 aromatic carbocycles. The molecule has 0 saturated heterocycles. The van der Waals surface area contributed by atoms with Crippen molar-refractivity contribution < 1.29 is 4.39 Å². The van der Waals surface area contributed by atoms with Gasteiger partial charge in [-0.1, -0.05) is 28.1 Å². The molecule has 4 heteroatoms. The summed E-state index contributed by atoms with van der Waals surface area (Å²) in [5, 5.41) is 0. The third kappa shape index (κ3) is 2.40. The normalized spacial score (nSPS) is 11.1. The summed E-state index contributed by atoms with van der Waals surface area (Å²) < 4.78 is 16.3. The quantitative estimate of drug-likeness (QED) is 0.689. The second kappa shape index (κ2) is 4.78. The number of halogens is 2. The van der Waals surface area contributed by atoms with E-state index in [1.165, 1.54) is 6.07 Å². The van der Waals surface area contributed by atoms with Crippen molar-refractivity contribution in [3.8, 4) is 0 Å². The second-order valence-corrected chi connectivity index (χ2v) is 5.43. The van der Waals surface area contributed by atoms with Gasteiger partial charge in [-0.15, -0.1) is 0 Å². The van der Waals surface area contributed by atoms with E-state index < -0.39 is 0 Å². The van der Waals surface area contributed by atoms with Crippen LogP contribution in [-0.4, -0.2) is 9.55 Å². The molecule has 0 aliphatic heterocycles. The van der Waals surface area contributed by atoms with E-state index in [9.17, 15) is 4.39 Å². The van der Waals surface area contributed by atoms with Crippen molar-refractivity contribution >= 4 is 27.0 Å². The lowest BCUT2D eigenvalue weighted by molar-refractivity contribution is 0.622. The monoisotopic (exact) mass is 318 g/mol. The van der Waals surface area contributed by atoms with Crippen LogP contribution in [-0.2, 0) is 6.54 Å². The second-order valence-electron chi connectivity index (χ2n) is 4.51. The molecule has 0 atom stereocenters. The van der Waals surface area contributed by atoms with Gasteiger partial charge in [-0.2, -0.15) is 0 Å². The van der Waals surface area contributed by atoms with E-state index in [0.717, 1.165) is 26.9 Å². The van der Waals surface area contributed by atoms with Gasteiger partial charge in [0.05, 0.1) is 11.0 Å². The highest BCUT2D eigenvalue weighted by molar-refractivity contribution is 9.10. The lowest BCUT2D eigenvalue weighted by Crippen LogP contribution is -2.02. The first-order valence-electron chi connectivity index (χ1n) is 6.00.